The van der Waals surface area contributed by atoms with Gasteiger partial charge < -0.3 is 0 Å². The Labute approximate surface area is 92.6 Å². The third-order valence-electron chi connectivity index (χ3n) is 6.95. The summed E-state index contributed by atoms with van der Waals surface area (Å²) >= 11 is 0. The van der Waals surface area contributed by atoms with Gasteiger partial charge in [-0.3, -0.25) is 4.79 Å². The van der Waals surface area contributed by atoms with Crippen LogP contribution in [0.5, 0.6) is 0 Å². The van der Waals surface area contributed by atoms with E-state index in [2.05, 4.69) is 34.6 Å². The Morgan fingerprint density at radius 2 is 1.73 bits per heavy atom. The zero-order valence-corrected chi connectivity index (χ0v) is 10.6. The molecule has 0 spiro atoms. The number of hydrogen-bond donors (Lipinski definition) is 0. The van der Waals surface area contributed by atoms with E-state index in [1.807, 2.05) is 0 Å². The highest BCUT2D eigenvalue weighted by atomic mass is 16.1. The van der Waals surface area contributed by atoms with Crippen LogP contribution < -0.4 is 0 Å². The Balaban J connectivity index is 2.21. The van der Waals surface area contributed by atoms with Crippen molar-refractivity contribution in [1.29, 1.82) is 0 Å². The van der Waals surface area contributed by atoms with Crippen molar-refractivity contribution >= 4 is 5.78 Å². The number of fused-ring (bicyclic) bond motifs is 1. The maximum absolute atomic E-state index is 12.6. The summed E-state index contributed by atoms with van der Waals surface area (Å²) in [4.78, 5) is 12.6. The minimum absolute atomic E-state index is 0.00771. The minimum Gasteiger partial charge on any atom is -0.298 e. The summed E-state index contributed by atoms with van der Waals surface area (Å²) in [6.45, 7) is 11.5. The lowest BCUT2D eigenvalue weighted by atomic mass is 9.22. The first-order chi connectivity index (χ1) is 6.70. The zero-order chi connectivity index (χ0) is 11.3. The van der Waals surface area contributed by atoms with E-state index >= 15 is 0 Å². The van der Waals surface area contributed by atoms with Crippen molar-refractivity contribution in [3.05, 3.63) is 0 Å². The van der Waals surface area contributed by atoms with Crippen molar-refractivity contribution in [2.45, 2.75) is 53.9 Å². The van der Waals surface area contributed by atoms with Crippen molar-refractivity contribution in [3.63, 3.8) is 0 Å². The Morgan fingerprint density at radius 3 is 2.33 bits per heavy atom. The monoisotopic (exact) mass is 206 g/mol. The first-order valence-corrected chi connectivity index (χ1v) is 6.25. The molecule has 1 nitrogen and oxygen atoms in total. The maximum Gasteiger partial charge on any atom is 0.145 e. The molecule has 5 fully saturated rings. The van der Waals surface area contributed by atoms with E-state index < -0.39 is 0 Å². The lowest BCUT2D eigenvalue weighted by Gasteiger charge is -2.81. The van der Waals surface area contributed by atoms with Crippen LogP contribution in [0.25, 0.3) is 0 Å². The van der Waals surface area contributed by atoms with Gasteiger partial charge in [0.15, 0.2) is 0 Å². The van der Waals surface area contributed by atoms with Gasteiger partial charge in [0.05, 0.1) is 0 Å². The molecule has 0 amide bonds. The molecule has 5 rings (SSSR count). The number of rotatable bonds is 0. The third kappa shape index (κ3) is 0.646. The molecule has 84 valence electrons. The molecule has 0 heterocycles. The lowest BCUT2D eigenvalue weighted by Crippen LogP contribution is -2.80. The van der Waals surface area contributed by atoms with Gasteiger partial charge in [0, 0.05) is 10.8 Å². The van der Waals surface area contributed by atoms with E-state index in [0.29, 0.717) is 17.1 Å². The average Bonchev–Trinajstić information content (AvgIpc) is 2.12. The summed E-state index contributed by atoms with van der Waals surface area (Å²) in [5.41, 5.74) is 0.616. The Kier molecular flexibility index (Phi) is 1.35. The first-order valence-electron chi connectivity index (χ1n) is 6.25. The topological polar surface area (TPSA) is 17.1 Å². The van der Waals surface area contributed by atoms with Gasteiger partial charge in [0.1, 0.15) is 5.78 Å². The van der Waals surface area contributed by atoms with E-state index in [-0.39, 0.29) is 16.2 Å². The molecular formula is C14H22O. The third-order valence-corrected chi connectivity index (χ3v) is 6.95. The van der Waals surface area contributed by atoms with Crippen LogP contribution in [-0.4, -0.2) is 5.78 Å². The molecule has 5 saturated carbocycles. The van der Waals surface area contributed by atoms with Gasteiger partial charge in [-0.25, -0.2) is 0 Å². The Bertz CT molecular complexity index is 370. The fourth-order valence-electron chi connectivity index (χ4n) is 5.60. The second-order valence-corrected chi connectivity index (χ2v) is 7.40. The minimum atomic E-state index is -0.0208. The van der Waals surface area contributed by atoms with Crippen molar-refractivity contribution in [3.8, 4) is 0 Å². The summed E-state index contributed by atoms with van der Waals surface area (Å²) in [6, 6.07) is 0. The molecule has 1 heteroatoms. The summed E-state index contributed by atoms with van der Waals surface area (Å²) in [7, 11) is 0. The van der Waals surface area contributed by atoms with Crippen LogP contribution in [0.1, 0.15) is 53.9 Å². The molecule has 0 radical (unpaired) electrons. The van der Waals surface area contributed by atoms with Gasteiger partial charge in [0.25, 0.3) is 0 Å². The highest BCUT2D eigenvalue weighted by molar-refractivity contribution is 5.95. The second kappa shape index (κ2) is 2.06. The van der Waals surface area contributed by atoms with E-state index in [4.69, 9.17) is 0 Å². The number of ketones is 1. The van der Waals surface area contributed by atoms with Crippen LogP contribution >= 0.6 is 0 Å². The number of Topliss-reactive ketones (excluding diaryl/α,β-unsaturated/α-hetero) is 1. The lowest BCUT2D eigenvalue weighted by molar-refractivity contribution is -0.301. The summed E-state index contributed by atoms with van der Waals surface area (Å²) in [6.07, 6.45) is 3.54. The van der Waals surface area contributed by atoms with Crippen molar-refractivity contribution in [2.75, 3.05) is 0 Å². The second-order valence-electron chi connectivity index (χ2n) is 7.40. The molecule has 0 aromatic carbocycles. The van der Waals surface area contributed by atoms with Crippen molar-refractivity contribution in [1.82, 2.24) is 0 Å². The molecule has 4 unspecified atom stereocenters. The van der Waals surface area contributed by atoms with Crippen molar-refractivity contribution < 1.29 is 4.79 Å². The highest BCUT2D eigenvalue weighted by Crippen LogP contribution is 2.83. The Morgan fingerprint density at radius 1 is 1.13 bits per heavy atom. The number of hydrogen-bond acceptors (Lipinski definition) is 1. The molecular weight excluding hydrogens is 184 g/mol. The zero-order valence-electron chi connectivity index (χ0n) is 10.6. The molecule has 0 N–H and O–H groups in total. The van der Waals surface area contributed by atoms with Crippen molar-refractivity contribution in [2.24, 2.45) is 27.6 Å². The van der Waals surface area contributed by atoms with Gasteiger partial charge in [0.2, 0.25) is 0 Å². The van der Waals surface area contributed by atoms with Crippen LogP contribution in [0.2, 0.25) is 0 Å². The molecule has 0 aromatic rings. The van der Waals surface area contributed by atoms with E-state index in [0.717, 1.165) is 12.8 Å². The van der Waals surface area contributed by atoms with Gasteiger partial charge in [-0.15, -0.1) is 0 Å². The smallest absolute Gasteiger partial charge is 0.145 e. The quantitative estimate of drug-likeness (QED) is 0.593. The van der Waals surface area contributed by atoms with Crippen LogP contribution in [0.15, 0.2) is 0 Å². The van der Waals surface area contributed by atoms with Gasteiger partial charge in [-0.1, -0.05) is 34.6 Å². The molecule has 5 aliphatic carbocycles. The molecule has 0 aliphatic heterocycles. The number of carbonyl (C=O) groups excluding carboxylic acids is 1. The highest BCUT2D eigenvalue weighted by Gasteiger charge is 2.81. The van der Waals surface area contributed by atoms with Crippen LogP contribution in [0.3, 0.4) is 0 Å². The Hall–Kier alpha value is -0.330. The SMILES string of the molecule is CC12CCC3C(C)(C1)C(C)(C)C3(C)C2=O. The van der Waals surface area contributed by atoms with E-state index in [1.165, 1.54) is 6.42 Å². The predicted molar refractivity (Wildman–Crippen MR) is 60.5 cm³/mol. The molecule has 0 saturated heterocycles. The maximum atomic E-state index is 12.6. The van der Waals surface area contributed by atoms with Gasteiger partial charge in [-0.05, 0) is 36.0 Å². The molecule has 4 bridgehead atoms. The fraction of sp³-hybridized carbons (Fsp3) is 0.929. The standard InChI is InChI=1S/C14H22O/c1-11(2)13(4)8-12(3)7-6-9(13)14(11,5)10(12)15/h9H,6-8H2,1-5H3. The number of carbonyl (C=O) groups is 1. The molecule has 15 heavy (non-hydrogen) atoms. The van der Waals surface area contributed by atoms with Crippen LogP contribution in [0, 0.1) is 27.6 Å². The average molecular weight is 206 g/mol. The van der Waals surface area contributed by atoms with Gasteiger partial charge in [-0.2, -0.15) is 0 Å². The fourth-order valence-corrected chi connectivity index (χ4v) is 5.60. The van der Waals surface area contributed by atoms with Crippen LogP contribution in [-0.2, 0) is 4.79 Å². The molecule has 0 aromatic heterocycles. The summed E-state index contributed by atoms with van der Waals surface area (Å²) in [5, 5.41) is 0. The predicted octanol–water partition coefficient (Wildman–Crippen LogP) is 3.43. The van der Waals surface area contributed by atoms with E-state index in [9.17, 15) is 4.79 Å². The van der Waals surface area contributed by atoms with E-state index in [1.54, 1.807) is 0 Å². The van der Waals surface area contributed by atoms with Crippen LogP contribution in [0.4, 0.5) is 0 Å². The normalized spacial score (nSPS) is 60.3. The first kappa shape index (κ1) is 9.86. The molecule has 4 atom stereocenters. The molecule has 5 aliphatic rings. The largest absolute Gasteiger partial charge is 0.298 e. The summed E-state index contributed by atoms with van der Waals surface area (Å²) < 4.78 is 0. The van der Waals surface area contributed by atoms with Gasteiger partial charge >= 0.3 is 0 Å². The summed E-state index contributed by atoms with van der Waals surface area (Å²) in [5.74, 6) is 1.23.